The largest absolute Gasteiger partial charge is 0.192 e. The van der Waals surface area contributed by atoms with E-state index in [9.17, 15) is 0 Å². The molecule has 0 aromatic rings. The molecule has 0 heterocycles. The fourth-order valence-electron chi connectivity index (χ4n) is 1.76. The van der Waals surface area contributed by atoms with Crippen LogP contribution in [-0.2, 0) is 0 Å². The minimum absolute atomic E-state index is 0.121. The van der Waals surface area contributed by atoms with E-state index in [0.717, 1.165) is 5.57 Å². The van der Waals surface area contributed by atoms with E-state index in [0.29, 0.717) is 5.92 Å². The van der Waals surface area contributed by atoms with Gasteiger partial charge in [-0.15, -0.1) is 0 Å². The maximum Gasteiger partial charge on any atom is 0.129 e. The Balaban J connectivity index is 5.59. The Bertz CT molecular complexity index is 313. The number of nitrogens with zero attached hydrogens (tertiary/aromatic N) is 2. The molecule has 0 aromatic heterocycles. The molecule has 0 amide bonds. The third-order valence-electron chi connectivity index (χ3n) is 2.76. The maximum absolute atomic E-state index is 8.96. The van der Waals surface area contributed by atoms with Gasteiger partial charge in [-0.1, -0.05) is 41.5 Å². The Labute approximate surface area is 93.2 Å². The van der Waals surface area contributed by atoms with Crippen LogP contribution in [0.4, 0.5) is 0 Å². The van der Waals surface area contributed by atoms with Crippen molar-refractivity contribution in [2.45, 2.75) is 41.5 Å². The molecule has 0 aliphatic rings. The molecule has 82 valence electrons. The first-order valence-corrected chi connectivity index (χ1v) is 5.30. The van der Waals surface area contributed by atoms with E-state index in [1.54, 1.807) is 0 Å². The van der Waals surface area contributed by atoms with Crippen molar-refractivity contribution in [3.63, 3.8) is 0 Å². The minimum Gasteiger partial charge on any atom is -0.192 e. The molecule has 0 aromatic carbocycles. The highest BCUT2D eigenvalue weighted by Gasteiger charge is 2.28. The number of allylic oxidation sites excluding steroid dienone is 2. The van der Waals surface area contributed by atoms with Gasteiger partial charge in [-0.25, -0.2) is 0 Å². The number of rotatable bonds is 2. The van der Waals surface area contributed by atoms with Crippen molar-refractivity contribution in [1.29, 1.82) is 10.5 Å². The highest BCUT2D eigenvalue weighted by Crippen LogP contribution is 2.37. The van der Waals surface area contributed by atoms with Crippen molar-refractivity contribution >= 4 is 0 Å². The lowest BCUT2D eigenvalue weighted by Gasteiger charge is -2.30. The second-order valence-corrected chi connectivity index (χ2v) is 5.29. The Morgan fingerprint density at radius 3 is 1.60 bits per heavy atom. The van der Waals surface area contributed by atoms with Gasteiger partial charge in [-0.2, -0.15) is 10.5 Å². The lowest BCUT2D eigenvalue weighted by Crippen LogP contribution is -2.21. The Kier molecular flexibility index (Phi) is 4.56. The molecule has 0 fully saturated rings. The summed E-state index contributed by atoms with van der Waals surface area (Å²) in [6.07, 6.45) is 0. The summed E-state index contributed by atoms with van der Waals surface area (Å²) in [5, 5.41) is 17.9. The van der Waals surface area contributed by atoms with E-state index in [1.807, 2.05) is 12.1 Å². The van der Waals surface area contributed by atoms with E-state index in [2.05, 4.69) is 41.5 Å². The highest BCUT2D eigenvalue weighted by molar-refractivity contribution is 5.43. The van der Waals surface area contributed by atoms with Crippen LogP contribution in [0.15, 0.2) is 11.1 Å². The average molecular weight is 204 g/mol. The van der Waals surface area contributed by atoms with Crippen LogP contribution in [0, 0.1) is 39.9 Å². The van der Waals surface area contributed by atoms with E-state index in [1.165, 1.54) is 0 Å². The molecule has 0 rings (SSSR count). The maximum atomic E-state index is 8.96. The van der Waals surface area contributed by atoms with Crippen LogP contribution in [0.3, 0.4) is 0 Å². The molecule has 0 aliphatic carbocycles. The zero-order valence-electron chi connectivity index (χ0n) is 10.5. The third kappa shape index (κ3) is 3.40. The fourth-order valence-corrected chi connectivity index (χ4v) is 1.76. The summed E-state index contributed by atoms with van der Waals surface area (Å²) < 4.78 is 0. The Morgan fingerprint density at radius 2 is 1.40 bits per heavy atom. The van der Waals surface area contributed by atoms with Gasteiger partial charge < -0.3 is 0 Å². The van der Waals surface area contributed by atoms with Gasteiger partial charge in [0.25, 0.3) is 0 Å². The first kappa shape index (κ1) is 13.7. The predicted molar refractivity (Wildman–Crippen MR) is 61.7 cm³/mol. The van der Waals surface area contributed by atoms with Crippen molar-refractivity contribution < 1.29 is 0 Å². The zero-order valence-corrected chi connectivity index (χ0v) is 10.5. The molecule has 0 N–H and O–H groups in total. The van der Waals surface area contributed by atoms with Crippen LogP contribution in [0.5, 0.6) is 0 Å². The van der Waals surface area contributed by atoms with Crippen LogP contribution in [0.1, 0.15) is 41.5 Å². The van der Waals surface area contributed by atoms with Gasteiger partial charge >= 0.3 is 0 Å². The summed E-state index contributed by atoms with van der Waals surface area (Å²) >= 11 is 0. The monoisotopic (exact) mass is 204 g/mol. The summed E-state index contributed by atoms with van der Waals surface area (Å²) in [7, 11) is 0. The van der Waals surface area contributed by atoms with Crippen LogP contribution in [0.25, 0.3) is 0 Å². The summed E-state index contributed by atoms with van der Waals surface area (Å²) in [6, 6.07) is 4.03. The first-order valence-electron chi connectivity index (χ1n) is 5.30. The standard InChI is InChI=1S/C13H20N2/c1-9(2)10(3)12(13(4,5)6)11(7-14)8-15/h9-10H,1-6H3. The third-order valence-corrected chi connectivity index (χ3v) is 2.76. The number of hydrogen-bond acceptors (Lipinski definition) is 2. The average Bonchev–Trinajstić information content (AvgIpc) is 2.10. The van der Waals surface area contributed by atoms with Crippen molar-refractivity contribution in [3.8, 4) is 12.1 Å². The lowest BCUT2D eigenvalue weighted by molar-refractivity contribution is 0.372. The molecule has 1 unspecified atom stereocenters. The summed E-state index contributed by atoms with van der Waals surface area (Å²) in [5.74, 6) is 0.704. The minimum atomic E-state index is -0.121. The summed E-state index contributed by atoms with van der Waals surface area (Å²) in [5.41, 5.74) is 1.14. The quantitative estimate of drug-likeness (QED) is 0.644. The molecule has 15 heavy (non-hydrogen) atoms. The normalized spacial score (nSPS) is 12.9. The van der Waals surface area contributed by atoms with Crippen molar-refractivity contribution in [1.82, 2.24) is 0 Å². The van der Waals surface area contributed by atoms with Gasteiger partial charge in [-0.05, 0) is 22.8 Å². The van der Waals surface area contributed by atoms with Crippen LogP contribution >= 0.6 is 0 Å². The second-order valence-electron chi connectivity index (χ2n) is 5.29. The van der Waals surface area contributed by atoms with Gasteiger partial charge in [0, 0.05) is 0 Å². The van der Waals surface area contributed by atoms with Crippen molar-refractivity contribution in [2.24, 2.45) is 17.3 Å². The highest BCUT2D eigenvalue weighted by atomic mass is 14.4. The van der Waals surface area contributed by atoms with E-state index < -0.39 is 0 Å². The molecular weight excluding hydrogens is 184 g/mol. The smallest absolute Gasteiger partial charge is 0.129 e. The molecule has 0 aliphatic heterocycles. The van der Waals surface area contributed by atoms with Crippen molar-refractivity contribution in [3.05, 3.63) is 11.1 Å². The zero-order chi connectivity index (χ0) is 12.2. The van der Waals surface area contributed by atoms with E-state index in [-0.39, 0.29) is 16.9 Å². The Hall–Kier alpha value is -1.28. The fraction of sp³-hybridized carbons (Fsp3) is 0.692. The second kappa shape index (κ2) is 4.99. The summed E-state index contributed by atoms with van der Waals surface area (Å²) in [4.78, 5) is 0. The van der Waals surface area contributed by atoms with Crippen LogP contribution < -0.4 is 0 Å². The van der Waals surface area contributed by atoms with Gasteiger partial charge in [-0.3, -0.25) is 0 Å². The van der Waals surface area contributed by atoms with Crippen LogP contribution in [-0.4, -0.2) is 0 Å². The molecular formula is C13H20N2. The molecule has 2 nitrogen and oxygen atoms in total. The molecule has 0 saturated carbocycles. The Morgan fingerprint density at radius 1 is 1.00 bits per heavy atom. The van der Waals surface area contributed by atoms with E-state index in [4.69, 9.17) is 10.5 Å². The predicted octanol–water partition coefficient (Wildman–Crippen LogP) is 3.67. The number of hydrogen-bond donors (Lipinski definition) is 0. The lowest BCUT2D eigenvalue weighted by atomic mass is 9.73. The van der Waals surface area contributed by atoms with Gasteiger partial charge in [0.15, 0.2) is 0 Å². The van der Waals surface area contributed by atoms with Gasteiger partial charge in [0.2, 0.25) is 0 Å². The molecule has 1 atom stereocenters. The van der Waals surface area contributed by atoms with Crippen LogP contribution in [0.2, 0.25) is 0 Å². The van der Waals surface area contributed by atoms with E-state index >= 15 is 0 Å². The number of nitriles is 2. The molecule has 0 spiro atoms. The first-order chi connectivity index (χ1) is 6.75. The molecule has 2 heteroatoms. The summed E-state index contributed by atoms with van der Waals surface area (Å²) in [6.45, 7) is 12.5. The molecule has 0 radical (unpaired) electrons. The molecule has 0 bridgehead atoms. The SMILES string of the molecule is CC(C)C(C)C(=C(C#N)C#N)C(C)(C)C. The van der Waals surface area contributed by atoms with Crippen molar-refractivity contribution in [2.75, 3.05) is 0 Å². The topological polar surface area (TPSA) is 47.6 Å². The molecule has 0 saturated heterocycles. The van der Waals surface area contributed by atoms with Gasteiger partial charge in [0.05, 0.1) is 0 Å². The van der Waals surface area contributed by atoms with Gasteiger partial charge in [0.1, 0.15) is 17.7 Å².